The van der Waals surface area contributed by atoms with Gasteiger partial charge in [0.1, 0.15) is 12.1 Å². The number of halogens is 1. The van der Waals surface area contributed by atoms with Gasteiger partial charge in [-0.3, -0.25) is 0 Å². The van der Waals surface area contributed by atoms with E-state index in [1.807, 2.05) is 0 Å². The zero-order valence-corrected chi connectivity index (χ0v) is 5.95. The van der Waals surface area contributed by atoms with Gasteiger partial charge in [0.25, 0.3) is 0 Å². The molecular formula is C7H6FN3. The fourth-order valence-corrected chi connectivity index (χ4v) is 0.934. The molecule has 0 aromatic carbocycles. The quantitative estimate of drug-likeness (QED) is 0.565. The minimum Gasteiger partial charge on any atom is -0.218 e. The predicted molar refractivity (Wildman–Crippen MR) is 37.7 cm³/mol. The zero-order chi connectivity index (χ0) is 7.84. The Labute approximate surface area is 62.5 Å². The summed E-state index contributed by atoms with van der Waals surface area (Å²) in [6.07, 6.45) is 2.71. The first-order chi connectivity index (χ1) is 5.27. The number of nitrogens with zero attached hydrogens (tertiary/aromatic N) is 3. The molecule has 0 unspecified atom stereocenters. The summed E-state index contributed by atoms with van der Waals surface area (Å²) in [5.74, 6) is -0.261. The number of aromatic nitrogens is 3. The van der Waals surface area contributed by atoms with E-state index in [4.69, 9.17) is 0 Å². The van der Waals surface area contributed by atoms with E-state index in [1.54, 1.807) is 13.0 Å². The lowest BCUT2D eigenvalue weighted by Gasteiger charge is -1.95. The summed E-state index contributed by atoms with van der Waals surface area (Å²) in [5.41, 5.74) is 1.26. The Bertz CT molecular complexity index is 357. The molecule has 0 aliphatic rings. The van der Waals surface area contributed by atoms with Crippen LogP contribution in [0.2, 0.25) is 0 Å². The van der Waals surface area contributed by atoms with Crippen LogP contribution in [0.1, 0.15) is 5.56 Å². The van der Waals surface area contributed by atoms with Crippen LogP contribution in [0.25, 0.3) is 5.65 Å². The molecular weight excluding hydrogens is 145 g/mol. The van der Waals surface area contributed by atoms with Gasteiger partial charge in [0.2, 0.25) is 0 Å². The van der Waals surface area contributed by atoms with E-state index < -0.39 is 0 Å². The lowest BCUT2D eigenvalue weighted by molar-refractivity contribution is 0.605. The number of rotatable bonds is 0. The van der Waals surface area contributed by atoms with Gasteiger partial charge in [-0.1, -0.05) is 0 Å². The zero-order valence-electron chi connectivity index (χ0n) is 5.95. The molecule has 56 valence electrons. The van der Waals surface area contributed by atoms with E-state index in [0.29, 0.717) is 11.2 Å². The maximum atomic E-state index is 12.8. The first-order valence-electron chi connectivity index (χ1n) is 3.23. The Morgan fingerprint density at radius 3 is 3.18 bits per heavy atom. The summed E-state index contributed by atoms with van der Waals surface area (Å²) in [6.45, 7) is 1.70. The second-order valence-electron chi connectivity index (χ2n) is 2.37. The number of fused-ring (bicyclic) bond motifs is 1. The molecule has 2 aromatic heterocycles. The molecule has 2 heterocycles. The SMILES string of the molecule is Cc1cc2ncnn2cc1F. The van der Waals surface area contributed by atoms with Crippen molar-refractivity contribution in [1.82, 2.24) is 14.6 Å². The normalized spacial score (nSPS) is 10.7. The van der Waals surface area contributed by atoms with Gasteiger partial charge in [-0.25, -0.2) is 13.9 Å². The molecule has 0 bridgehead atoms. The number of hydrogen-bond donors (Lipinski definition) is 0. The van der Waals surface area contributed by atoms with Gasteiger partial charge in [0.05, 0.1) is 6.20 Å². The molecule has 0 N–H and O–H groups in total. The lowest BCUT2D eigenvalue weighted by atomic mass is 10.3. The van der Waals surface area contributed by atoms with Crippen molar-refractivity contribution >= 4 is 5.65 Å². The third-order valence-corrected chi connectivity index (χ3v) is 1.56. The summed E-state index contributed by atoms with van der Waals surface area (Å²) >= 11 is 0. The summed E-state index contributed by atoms with van der Waals surface area (Å²) in [6, 6.07) is 1.66. The van der Waals surface area contributed by atoms with Crippen molar-refractivity contribution in [3.63, 3.8) is 0 Å². The molecule has 0 atom stereocenters. The van der Waals surface area contributed by atoms with Crippen LogP contribution in [0.3, 0.4) is 0 Å². The van der Waals surface area contributed by atoms with Crippen molar-refractivity contribution in [1.29, 1.82) is 0 Å². The highest BCUT2D eigenvalue weighted by atomic mass is 19.1. The van der Waals surface area contributed by atoms with Crippen LogP contribution in [0.5, 0.6) is 0 Å². The number of hydrogen-bond acceptors (Lipinski definition) is 2. The van der Waals surface area contributed by atoms with E-state index >= 15 is 0 Å². The maximum absolute atomic E-state index is 12.8. The average Bonchev–Trinajstić information content (AvgIpc) is 2.36. The maximum Gasteiger partial charge on any atom is 0.155 e. The van der Waals surface area contributed by atoms with E-state index in [-0.39, 0.29) is 5.82 Å². The van der Waals surface area contributed by atoms with Gasteiger partial charge in [0, 0.05) is 0 Å². The summed E-state index contributed by atoms with van der Waals surface area (Å²) in [4.78, 5) is 3.91. The molecule has 0 saturated carbocycles. The minimum atomic E-state index is -0.261. The Balaban J connectivity index is 2.86. The third kappa shape index (κ3) is 0.869. The molecule has 0 saturated heterocycles. The van der Waals surface area contributed by atoms with Gasteiger partial charge in [-0.15, -0.1) is 0 Å². The van der Waals surface area contributed by atoms with Crippen molar-refractivity contribution in [3.8, 4) is 0 Å². The van der Waals surface area contributed by atoms with Crippen molar-refractivity contribution in [3.05, 3.63) is 30.0 Å². The molecule has 0 radical (unpaired) electrons. The molecule has 0 aliphatic heterocycles. The van der Waals surface area contributed by atoms with Crippen LogP contribution < -0.4 is 0 Å². The van der Waals surface area contributed by atoms with Crippen LogP contribution in [-0.2, 0) is 0 Å². The van der Waals surface area contributed by atoms with E-state index in [0.717, 1.165) is 0 Å². The molecule has 4 heteroatoms. The van der Waals surface area contributed by atoms with Crippen molar-refractivity contribution in [2.45, 2.75) is 6.92 Å². The minimum absolute atomic E-state index is 0.261. The van der Waals surface area contributed by atoms with Crippen LogP contribution in [0.4, 0.5) is 4.39 Å². The molecule has 3 nitrogen and oxygen atoms in total. The smallest absolute Gasteiger partial charge is 0.155 e. The van der Waals surface area contributed by atoms with Gasteiger partial charge < -0.3 is 0 Å². The standard InChI is InChI=1S/C7H6FN3/c1-5-2-7-9-4-10-11(7)3-6(5)8/h2-4H,1H3. The second kappa shape index (κ2) is 2.02. The lowest BCUT2D eigenvalue weighted by Crippen LogP contribution is -1.91. The largest absolute Gasteiger partial charge is 0.218 e. The highest BCUT2D eigenvalue weighted by Crippen LogP contribution is 2.07. The summed E-state index contributed by atoms with van der Waals surface area (Å²) in [5, 5.41) is 3.79. The predicted octanol–water partition coefficient (Wildman–Crippen LogP) is 1.18. The topological polar surface area (TPSA) is 30.2 Å². The van der Waals surface area contributed by atoms with Crippen molar-refractivity contribution in [2.75, 3.05) is 0 Å². The third-order valence-electron chi connectivity index (χ3n) is 1.56. The Morgan fingerprint density at radius 1 is 1.55 bits per heavy atom. The highest BCUT2D eigenvalue weighted by molar-refractivity contribution is 5.39. The molecule has 0 amide bonds. The van der Waals surface area contributed by atoms with E-state index in [2.05, 4.69) is 10.1 Å². The second-order valence-corrected chi connectivity index (χ2v) is 2.37. The van der Waals surface area contributed by atoms with Crippen LogP contribution in [0, 0.1) is 12.7 Å². The first-order valence-corrected chi connectivity index (χ1v) is 3.23. The van der Waals surface area contributed by atoms with E-state index in [1.165, 1.54) is 17.0 Å². The molecule has 11 heavy (non-hydrogen) atoms. The van der Waals surface area contributed by atoms with Crippen molar-refractivity contribution < 1.29 is 4.39 Å². The molecule has 0 fully saturated rings. The average molecular weight is 151 g/mol. The van der Waals surface area contributed by atoms with Gasteiger partial charge >= 0.3 is 0 Å². The molecule has 2 rings (SSSR count). The fraction of sp³-hybridized carbons (Fsp3) is 0.143. The first kappa shape index (κ1) is 6.27. The Morgan fingerprint density at radius 2 is 2.36 bits per heavy atom. The number of pyridine rings is 1. The van der Waals surface area contributed by atoms with Crippen LogP contribution >= 0.6 is 0 Å². The van der Waals surface area contributed by atoms with Crippen LogP contribution in [-0.4, -0.2) is 14.6 Å². The molecule has 2 aromatic rings. The molecule has 0 spiro atoms. The Hall–Kier alpha value is -1.45. The highest BCUT2D eigenvalue weighted by Gasteiger charge is 2.00. The summed E-state index contributed by atoms with van der Waals surface area (Å²) in [7, 11) is 0. The van der Waals surface area contributed by atoms with Crippen molar-refractivity contribution in [2.24, 2.45) is 0 Å². The number of aryl methyl sites for hydroxylation is 1. The van der Waals surface area contributed by atoms with Gasteiger partial charge in [-0.2, -0.15) is 5.10 Å². The van der Waals surface area contributed by atoms with E-state index in [9.17, 15) is 4.39 Å². The molecule has 0 aliphatic carbocycles. The Kier molecular flexibility index (Phi) is 1.15. The van der Waals surface area contributed by atoms with Gasteiger partial charge in [0.15, 0.2) is 5.65 Å². The summed E-state index contributed by atoms with van der Waals surface area (Å²) < 4.78 is 14.2. The fourth-order valence-electron chi connectivity index (χ4n) is 0.934. The van der Waals surface area contributed by atoms with Crippen LogP contribution in [0.15, 0.2) is 18.6 Å². The monoisotopic (exact) mass is 151 g/mol. The van der Waals surface area contributed by atoms with Gasteiger partial charge in [-0.05, 0) is 18.6 Å².